The van der Waals surface area contributed by atoms with Crippen molar-refractivity contribution in [2.45, 2.75) is 58.0 Å². The van der Waals surface area contributed by atoms with E-state index < -0.39 is 0 Å². The van der Waals surface area contributed by atoms with Crippen LogP contribution in [0.5, 0.6) is 0 Å². The maximum atomic E-state index is 12.1. The number of aliphatic hydroxyl groups is 1. The minimum atomic E-state index is -0.223. The first kappa shape index (κ1) is 16.0. The molecule has 0 radical (unpaired) electrons. The zero-order valence-electron chi connectivity index (χ0n) is 13.4. The molecule has 1 fully saturated rings. The van der Waals surface area contributed by atoms with Crippen LogP contribution >= 0.6 is 0 Å². The summed E-state index contributed by atoms with van der Waals surface area (Å²) >= 11 is 0. The Morgan fingerprint density at radius 1 is 1.19 bits per heavy atom. The summed E-state index contributed by atoms with van der Waals surface area (Å²) in [4.78, 5) is 14.0. The molecule has 0 aliphatic carbocycles. The lowest BCUT2D eigenvalue weighted by Gasteiger charge is -2.29. The van der Waals surface area contributed by atoms with E-state index in [4.69, 9.17) is 0 Å². The quantitative estimate of drug-likeness (QED) is 0.929. The fourth-order valence-electron chi connectivity index (χ4n) is 2.70. The summed E-state index contributed by atoms with van der Waals surface area (Å²) in [6, 6.07) is 8.59. The van der Waals surface area contributed by atoms with E-state index in [0.29, 0.717) is 32.4 Å². The van der Waals surface area contributed by atoms with Gasteiger partial charge in [0, 0.05) is 19.5 Å². The average molecular weight is 289 g/mol. The average Bonchev–Trinajstić information content (AvgIpc) is 2.45. The summed E-state index contributed by atoms with van der Waals surface area (Å²) in [6.07, 6.45) is 2.56. The van der Waals surface area contributed by atoms with Gasteiger partial charge in [0.1, 0.15) is 0 Å². The number of benzene rings is 1. The first-order valence-corrected chi connectivity index (χ1v) is 7.91. The first-order valence-electron chi connectivity index (χ1n) is 7.91. The number of piperidine rings is 1. The molecule has 116 valence electrons. The molecule has 0 atom stereocenters. The number of aryl methyl sites for hydroxylation is 1. The highest BCUT2D eigenvalue weighted by atomic mass is 16.3. The second-order valence-electron chi connectivity index (χ2n) is 7.06. The van der Waals surface area contributed by atoms with Crippen molar-refractivity contribution in [3.63, 3.8) is 0 Å². The van der Waals surface area contributed by atoms with E-state index in [1.807, 2.05) is 4.90 Å². The van der Waals surface area contributed by atoms with Crippen molar-refractivity contribution in [2.75, 3.05) is 13.1 Å². The zero-order chi connectivity index (χ0) is 15.5. The fraction of sp³-hybridized carbons (Fsp3) is 0.611. The van der Waals surface area contributed by atoms with Crippen LogP contribution in [0.15, 0.2) is 24.3 Å². The van der Waals surface area contributed by atoms with Crippen LogP contribution in [-0.4, -0.2) is 35.1 Å². The molecule has 1 aliphatic heterocycles. The van der Waals surface area contributed by atoms with Gasteiger partial charge in [-0.3, -0.25) is 4.79 Å². The summed E-state index contributed by atoms with van der Waals surface area (Å²) in [5.74, 6) is 0.210. The zero-order valence-corrected chi connectivity index (χ0v) is 13.4. The molecule has 1 N–H and O–H groups in total. The van der Waals surface area contributed by atoms with Crippen LogP contribution in [0.4, 0.5) is 0 Å². The van der Waals surface area contributed by atoms with Crippen LogP contribution in [0, 0.1) is 0 Å². The Morgan fingerprint density at radius 2 is 1.76 bits per heavy atom. The molecule has 1 aromatic rings. The molecule has 1 heterocycles. The minimum Gasteiger partial charge on any atom is -0.393 e. The van der Waals surface area contributed by atoms with E-state index in [1.54, 1.807) is 0 Å². The van der Waals surface area contributed by atoms with Crippen LogP contribution in [0.1, 0.15) is 51.2 Å². The molecule has 3 heteroatoms. The molecule has 0 saturated carbocycles. The van der Waals surface area contributed by atoms with Gasteiger partial charge in [0.05, 0.1) is 6.10 Å². The molecular weight excluding hydrogens is 262 g/mol. The fourth-order valence-corrected chi connectivity index (χ4v) is 2.70. The number of amides is 1. The Hall–Kier alpha value is -1.35. The Bertz CT molecular complexity index is 465. The summed E-state index contributed by atoms with van der Waals surface area (Å²) in [5, 5.41) is 9.47. The molecular formula is C18H27NO2. The number of aliphatic hydroxyl groups excluding tert-OH is 1. The molecule has 1 amide bonds. The van der Waals surface area contributed by atoms with E-state index in [-0.39, 0.29) is 17.4 Å². The minimum absolute atomic E-state index is 0.170. The van der Waals surface area contributed by atoms with Crippen molar-refractivity contribution in [3.8, 4) is 0 Å². The van der Waals surface area contributed by atoms with Crippen molar-refractivity contribution >= 4 is 5.91 Å². The Morgan fingerprint density at radius 3 is 2.29 bits per heavy atom. The normalized spacial score (nSPS) is 17.0. The predicted octanol–water partition coefficient (Wildman–Crippen LogP) is 2.90. The SMILES string of the molecule is CC(C)(C)c1ccc(CCC(=O)N2CCC(O)CC2)cc1. The van der Waals surface area contributed by atoms with Crippen LogP contribution < -0.4 is 0 Å². The second kappa shape index (κ2) is 6.61. The van der Waals surface area contributed by atoms with Gasteiger partial charge >= 0.3 is 0 Å². The van der Waals surface area contributed by atoms with Crippen LogP contribution in [0.25, 0.3) is 0 Å². The highest BCUT2D eigenvalue weighted by Gasteiger charge is 2.20. The molecule has 0 unspecified atom stereocenters. The van der Waals surface area contributed by atoms with Gasteiger partial charge in [-0.25, -0.2) is 0 Å². The number of likely N-dealkylation sites (tertiary alicyclic amines) is 1. The van der Waals surface area contributed by atoms with Crippen LogP contribution in [0.3, 0.4) is 0 Å². The van der Waals surface area contributed by atoms with Crippen LogP contribution in [-0.2, 0) is 16.6 Å². The second-order valence-corrected chi connectivity index (χ2v) is 7.06. The summed E-state index contributed by atoms with van der Waals surface area (Å²) < 4.78 is 0. The van der Waals surface area contributed by atoms with Gasteiger partial charge in [-0.2, -0.15) is 0 Å². The van der Waals surface area contributed by atoms with Crippen molar-refractivity contribution in [1.82, 2.24) is 4.90 Å². The molecule has 1 aromatic carbocycles. The van der Waals surface area contributed by atoms with Crippen molar-refractivity contribution in [1.29, 1.82) is 0 Å². The number of rotatable bonds is 3. The highest BCUT2D eigenvalue weighted by molar-refractivity contribution is 5.76. The molecule has 0 spiro atoms. The lowest BCUT2D eigenvalue weighted by Crippen LogP contribution is -2.40. The summed E-state index contributed by atoms with van der Waals surface area (Å²) in [6.45, 7) is 8.01. The van der Waals surface area contributed by atoms with Gasteiger partial charge in [0.2, 0.25) is 5.91 Å². The lowest BCUT2D eigenvalue weighted by molar-refractivity contribution is -0.133. The van der Waals surface area contributed by atoms with Gasteiger partial charge in [0.15, 0.2) is 0 Å². The van der Waals surface area contributed by atoms with Gasteiger partial charge < -0.3 is 10.0 Å². The van der Waals surface area contributed by atoms with E-state index in [1.165, 1.54) is 11.1 Å². The van der Waals surface area contributed by atoms with E-state index in [9.17, 15) is 9.90 Å². The van der Waals surface area contributed by atoms with E-state index in [0.717, 1.165) is 6.42 Å². The maximum Gasteiger partial charge on any atom is 0.222 e. The van der Waals surface area contributed by atoms with E-state index >= 15 is 0 Å². The number of carbonyl (C=O) groups excluding carboxylic acids is 1. The topological polar surface area (TPSA) is 40.5 Å². The molecule has 21 heavy (non-hydrogen) atoms. The van der Waals surface area contributed by atoms with E-state index in [2.05, 4.69) is 45.0 Å². The Balaban J connectivity index is 1.84. The highest BCUT2D eigenvalue weighted by Crippen LogP contribution is 2.22. The first-order chi connectivity index (χ1) is 9.86. The number of nitrogens with zero attached hydrogens (tertiary/aromatic N) is 1. The van der Waals surface area contributed by atoms with Crippen LogP contribution in [0.2, 0.25) is 0 Å². The van der Waals surface area contributed by atoms with Crippen molar-refractivity contribution in [2.24, 2.45) is 0 Å². The molecule has 1 aliphatic rings. The van der Waals surface area contributed by atoms with Crippen molar-refractivity contribution in [3.05, 3.63) is 35.4 Å². The monoisotopic (exact) mass is 289 g/mol. The maximum absolute atomic E-state index is 12.1. The van der Waals surface area contributed by atoms with Gasteiger partial charge in [0.25, 0.3) is 0 Å². The van der Waals surface area contributed by atoms with Gasteiger partial charge in [-0.05, 0) is 35.8 Å². The third kappa shape index (κ3) is 4.57. The van der Waals surface area contributed by atoms with Gasteiger partial charge in [-0.15, -0.1) is 0 Å². The third-order valence-corrected chi connectivity index (χ3v) is 4.26. The number of hydrogen-bond acceptors (Lipinski definition) is 2. The van der Waals surface area contributed by atoms with Gasteiger partial charge in [-0.1, -0.05) is 45.0 Å². The molecule has 1 saturated heterocycles. The number of hydrogen-bond donors (Lipinski definition) is 1. The molecule has 0 aromatic heterocycles. The standard InChI is InChI=1S/C18H27NO2/c1-18(2,3)15-7-4-14(5-8-15)6-9-17(21)19-12-10-16(20)11-13-19/h4-5,7-8,16,20H,6,9-13H2,1-3H3. The summed E-state index contributed by atoms with van der Waals surface area (Å²) in [5.41, 5.74) is 2.71. The smallest absolute Gasteiger partial charge is 0.222 e. The Kier molecular flexibility index (Phi) is 5.04. The van der Waals surface area contributed by atoms with Crippen molar-refractivity contribution < 1.29 is 9.90 Å². The largest absolute Gasteiger partial charge is 0.393 e. The third-order valence-electron chi connectivity index (χ3n) is 4.26. The molecule has 2 rings (SSSR count). The predicted molar refractivity (Wildman–Crippen MR) is 85.3 cm³/mol. The lowest BCUT2D eigenvalue weighted by atomic mass is 9.86. The Labute approximate surface area is 128 Å². The number of carbonyl (C=O) groups is 1. The molecule has 0 bridgehead atoms. The summed E-state index contributed by atoms with van der Waals surface area (Å²) in [7, 11) is 0. The molecule has 3 nitrogen and oxygen atoms in total.